The number of benzene rings is 4. The van der Waals surface area contributed by atoms with Gasteiger partial charge in [0.05, 0.1) is 5.56 Å². The minimum absolute atomic E-state index is 0.000940. The lowest BCUT2D eigenvalue weighted by Crippen LogP contribution is -2.61. The van der Waals surface area contributed by atoms with Gasteiger partial charge in [-0.1, -0.05) is 78.9 Å². The van der Waals surface area contributed by atoms with Crippen LogP contribution in [0.1, 0.15) is 47.2 Å². The Morgan fingerprint density at radius 1 is 0.766 bits per heavy atom. The van der Waals surface area contributed by atoms with Crippen molar-refractivity contribution in [3.05, 3.63) is 120 Å². The van der Waals surface area contributed by atoms with E-state index in [2.05, 4.69) is 5.32 Å². The number of hydrogen-bond donors (Lipinski definition) is 2. The van der Waals surface area contributed by atoms with Gasteiger partial charge in [-0.05, 0) is 84.3 Å². The number of hydrogen-bond acceptors (Lipinski definition) is 4. The molecule has 2 aliphatic rings. The summed E-state index contributed by atoms with van der Waals surface area (Å²) in [6.07, 6.45) is -1.58. The highest BCUT2D eigenvalue weighted by molar-refractivity contribution is 6.01. The van der Waals surface area contributed by atoms with Gasteiger partial charge >= 0.3 is 12.1 Å². The van der Waals surface area contributed by atoms with Gasteiger partial charge in [-0.25, -0.2) is 4.79 Å². The normalized spacial score (nSPS) is 17.6. The molecule has 6 nitrogen and oxygen atoms in total. The number of alkyl halides is 3. The molecule has 1 saturated heterocycles. The lowest BCUT2D eigenvalue weighted by molar-refractivity contribution is -0.144. The molecular formula is C38H35F3N2O4. The molecule has 9 heteroatoms. The van der Waals surface area contributed by atoms with Crippen LogP contribution in [-0.2, 0) is 22.2 Å². The first-order chi connectivity index (χ1) is 22.6. The second-order valence-corrected chi connectivity index (χ2v) is 12.3. The van der Waals surface area contributed by atoms with Crippen molar-refractivity contribution < 1.29 is 32.7 Å². The van der Waals surface area contributed by atoms with Crippen LogP contribution < -0.4 is 5.32 Å². The smallest absolute Gasteiger partial charge is 0.416 e. The van der Waals surface area contributed by atoms with Crippen LogP contribution in [0, 0.1) is 5.92 Å². The van der Waals surface area contributed by atoms with E-state index in [4.69, 9.17) is 0 Å². The third-order valence-electron chi connectivity index (χ3n) is 9.07. The lowest BCUT2D eigenvalue weighted by atomic mass is 9.92. The topological polar surface area (TPSA) is 86.7 Å². The van der Waals surface area contributed by atoms with E-state index in [1.165, 1.54) is 29.2 Å². The quantitative estimate of drug-likeness (QED) is 0.180. The van der Waals surface area contributed by atoms with E-state index in [-0.39, 0.29) is 29.7 Å². The molecule has 2 fully saturated rings. The number of nitrogens with zero attached hydrogens (tertiary/aromatic N) is 1. The SMILES string of the molecule is O=C(O)C(Cc1ccc(-c2ccccc2)cc1)N(C(=O)c1ccc(-c2ccc(C(F)(F)F)cc2)cc1)C(C(=O)C1CC1)C1CCCN1. The Balaban J connectivity index is 1.33. The number of carbonyl (C=O) groups excluding carboxylic acids is 2. The number of rotatable bonds is 11. The summed E-state index contributed by atoms with van der Waals surface area (Å²) in [6, 6.07) is 25.7. The van der Waals surface area contributed by atoms with Gasteiger partial charge in [0.15, 0.2) is 5.78 Å². The molecule has 1 amide bonds. The fraction of sp³-hybridized carbons (Fsp3) is 0.289. The molecule has 242 valence electrons. The average molecular weight is 641 g/mol. The Kier molecular flexibility index (Phi) is 9.27. The van der Waals surface area contributed by atoms with Gasteiger partial charge in [0.2, 0.25) is 0 Å². The average Bonchev–Trinajstić information content (AvgIpc) is 3.80. The zero-order valence-corrected chi connectivity index (χ0v) is 25.6. The first kappa shape index (κ1) is 32.2. The van der Waals surface area contributed by atoms with E-state index in [1.54, 1.807) is 12.1 Å². The number of aliphatic carboxylic acids is 1. The first-order valence-corrected chi connectivity index (χ1v) is 15.8. The molecule has 4 aromatic carbocycles. The summed E-state index contributed by atoms with van der Waals surface area (Å²) in [5, 5.41) is 14.0. The number of carboxylic acids is 1. The van der Waals surface area contributed by atoms with Gasteiger partial charge in [-0.15, -0.1) is 0 Å². The molecule has 1 saturated carbocycles. The number of carboxylic acid groups (broad SMARTS) is 1. The van der Waals surface area contributed by atoms with E-state index in [0.29, 0.717) is 42.5 Å². The predicted molar refractivity (Wildman–Crippen MR) is 173 cm³/mol. The molecule has 0 aromatic heterocycles. The molecule has 3 unspecified atom stereocenters. The van der Waals surface area contributed by atoms with Crippen molar-refractivity contribution >= 4 is 17.7 Å². The molecule has 0 radical (unpaired) electrons. The minimum Gasteiger partial charge on any atom is -0.480 e. The number of halogens is 3. The maximum Gasteiger partial charge on any atom is 0.416 e. The highest BCUT2D eigenvalue weighted by Gasteiger charge is 2.47. The van der Waals surface area contributed by atoms with Crippen LogP contribution >= 0.6 is 0 Å². The van der Waals surface area contributed by atoms with Crippen LogP contribution in [0.15, 0.2) is 103 Å². The molecule has 1 aliphatic carbocycles. The maximum absolute atomic E-state index is 14.4. The van der Waals surface area contributed by atoms with Crippen molar-refractivity contribution in [2.45, 2.75) is 56.4 Å². The zero-order chi connectivity index (χ0) is 33.1. The highest BCUT2D eigenvalue weighted by atomic mass is 19.4. The second kappa shape index (κ2) is 13.5. The summed E-state index contributed by atoms with van der Waals surface area (Å²) in [4.78, 5) is 42.6. The van der Waals surface area contributed by atoms with Gasteiger partial charge in [0, 0.05) is 23.9 Å². The Morgan fingerprint density at radius 2 is 1.32 bits per heavy atom. The van der Waals surface area contributed by atoms with E-state index >= 15 is 0 Å². The molecule has 3 atom stereocenters. The molecule has 0 spiro atoms. The summed E-state index contributed by atoms with van der Waals surface area (Å²) in [7, 11) is 0. The van der Waals surface area contributed by atoms with E-state index in [0.717, 1.165) is 29.7 Å². The van der Waals surface area contributed by atoms with E-state index in [9.17, 15) is 32.7 Å². The molecule has 1 aliphatic heterocycles. The minimum atomic E-state index is -4.45. The lowest BCUT2D eigenvalue weighted by Gasteiger charge is -2.39. The molecule has 0 bridgehead atoms. The highest BCUT2D eigenvalue weighted by Crippen LogP contribution is 2.36. The zero-order valence-electron chi connectivity index (χ0n) is 25.6. The van der Waals surface area contributed by atoms with Gasteiger partial charge in [0.1, 0.15) is 12.1 Å². The molecule has 1 heterocycles. The Morgan fingerprint density at radius 3 is 1.83 bits per heavy atom. The van der Waals surface area contributed by atoms with E-state index < -0.39 is 35.7 Å². The molecule has 6 rings (SSSR count). The summed E-state index contributed by atoms with van der Waals surface area (Å²) >= 11 is 0. The Hall–Kier alpha value is -4.76. The Labute approximate surface area is 271 Å². The number of amides is 1. The van der Waals surface area contributed by atoms with Crippen LogP contribution in [0.2, 0.25) is 0 Å². The van der Waals surface area contributed by atoms with Crippen LogP contribution in [0.4, 0.5) is 13.2 Å². The summed E-state index contributed by atoms with van der Waals surface area (Å²) in [5.74, 6) is -2.12. The van der Waals surface area contributed by atoms with Crippen LogP contribution in [0.5, 0.6) is 0 Å². The Bertz CT molecular complexity index is 1710. The third kappa shape index (κ3) is 7.30. The largest absolute Gasteiger partial charge is 0.480 e. The van der Waals surface area contributed by atoms with Gasteiger partial charge in [-0.3, -0.25) is 9.59 Å². The van der Waals surface area contributed by atoms with Gasteiger partial charge in [0.25, 0.3) is 5.91 Å². The fourth-order valence-electron chi connectivity index (χ4n) is 6.38. The number of Topliss-reactive ketones (excluding diaryl/α,β-unsaturated/α-hetero) is 1. The number of carbonyl (C=O) groups is 3. The van der Waals surface area contributed by atoms with Crippen LogP contribution in [0.25, 0.3) is 22.3 Å². The van der Waals surface area contributed by atoms with Gasteiger partial charge in [-0.2, -0.15) is 13.2 Å². The second-order valence-electron chi connectivity index (χ2n) is 12.3. The first-order valence-electron chi connectivity index (χ1n) is 15.8. The van der Waals surface area contributed by atoms with Crippen molar-refractivity contribution in [1.82, 2.24) is 10.2 Å². The van der Waals surface area contributed by atoms with Gasteiger partial charge < -0.3 is 15.3 Å². The molecule has 2 N–H and O–H groups in total. The van der Waals surface area contributed by atoms with Crippen molar-refractivity contribution in [2.24, 2.45) is 5.92 Å². The summed E-state index contributed by atoms with van der Waals surface area (Å²) < 4.78 is 39.2. The van der Waals surface area contributed by atoms with Crippen molar-refractivity contribution in [1.29, 1.82) is 0 Å². The summed E-state index contributed by atoms with van der Waals surface area (Å²) in [5.41, 5.74) is 3.27. The van der Waals surface area contributed by atoms with Crippen molar-refractivity contribution in [3.8, 4) is 22.3 Å². The number of nitrogens with one attached hydrogen (secondary N) is 1. The number of ketones is 1. The van der Waals surface area contributed by atoms with Crippen LogP contribution in [-0.4, -0.2) is 52.3 Å². The van der Waals surface area contributed by atoms with Crippen molar-refractivity contribution in [2.75, 3.05) is 6.54 Å². The summed E-state index contributed by atoms with van der Waals surface area (Å²) in [6.45, 7) is 0.668. The van der Waals surface area contributed by atoms with E-state index in [1.807, 2.05) is 54.6 Å². The predicted octanol–water partition coefficient (Wildman–Crippen LogP) is 7.28. The maximum atomic E-state index is 14.4. The molecular weight excluding hydrogens is 605 g/mol. The molecule has 47 heavy (non-hydrogen) atoms. The standard InChI is InChI=1S/C38H35F3N2O4/c39-38(40,41)31-20-18-28(19-21-31)27-12-16-30(17-13-27)36(45)43(34(32-7-4-22-42-32)35(44)29-14-15-29)33(37(46)47)23-24-8-10-26(11-9-24)25-5-2-1-3-6-25/h1-3,5-6,8-13,16-21,29,32-34,42H,4,7,14-15,22-23H2,(H,46,47). The third-order valence-corrected chi connectivity index (χ3v) is 9.07. The monoisotopic (exact) mass is 640 g/mol. The van der Waals surface area contributed by atoms with Crippen molar-refractivity contribution in [3.63, 3.8) is 0 Å². The molecule has 4 aromatic rings. The fourth-order valence-corrected chi connectivity index (χ4v) is 6.38. The van der Waals surface area contributed by atoms with Crippen LogP contribution in [0.3, 0.4) is 0 Å².